The van der Waals surface area contributed by atoms with Crippen LogP contribution in [-0.4, -0.2) is 58.6 Å². The van der Waals surface area contributed by atoms with Crippen LogP contribution in [0.15, 0.2) is 36.4 Å². The van der Waals surface area contributed by atoms with Crippen molar-refractivity contribution in [2.45, 2.75) is 24.6 Å². The zero-order valence-electron chi connectivity index (χ0n) is 17.2. The normalized spacial score (nSPS) is 27.7. The van der Waals surface area contributed by atoms with Crippen molar-refractivity contribution in [2.24, 2.45) is 5.41 Å². The number of rotatable bonds is 7. The summed E-state index contributed by atoms with van der Waals surface area (Å²) in [4.78, 5) is 14.5. The zero-order chi connectivity index (χ0) is 23.2. The minimum Gasteiger partial charge on any atom is -0.598 e. The third-order valence-corrected chi connectivity index (χ3v) is 6.92. The van der Waals surface area contributed by atoms with E-state index in [1.54, 1.807) is 0 Å². The summed E-state index contributed by atoms with van der Waals surface area (Å²) in [6.45, 7) is -0.723. The van der Waals surface area contributed by atoms with Crippen LogP contribution < -0.4 is 4.72 Å². The maximum Gasteiger partial charge on any atom is 0.232 e. The molecular formula is C22H22F4N2O3S. The van der Waals surface area contributed by atoms with Crippen molar-refractivity contribution in [3.63, 3.8) is 0 Å². The summed E-state index contributed by atoms with van der Waals surface area (Å²) in [5.74, 6) is -3.56. The topological polar surface area (TPSA) is 75.6 Å². The molecule has 2 aliphatic rings. The Morgan fingerprint density at radius 1 is 1.28 bits per heavy atom. The summed E-state index contributed by atoms with van der Waals surface area (Å²) in [6, 6.07) is 5.98. The minimum atomic E-state index is -1.38. The van der Waals surface area contributed by atoms with E-state index in [0.717, 1.165) is 24.3 Å². The number of halogens is 4. The first-order valence-corrected chi connectivity index (χ1v) is 11.6. The number of likely N-dealkylation sites (tertiary alicyclic amines) is 1. The van der Waals surface area contributed by atoms with Crippen LogP contribution in [0.4, 0.5) is 17.6 Å². The summed E-state index contributed by atoms with van der Waals surface area (Å²) in [7, 11) is 0. The van der Waals surface area contributed by atoms with Crippen molar-refractivity contribution in [1.29, 1.82) is 0 Å². The average molecular weight is 470 g/mol. The summed E-state index contributed by atoms with van der Waals surface area (Å²) < 4.78 is 70.8. The Hall–Kier alpha value is -2.14. The molecule has 0 spiro atoms. The molecule has 0 aromatic heterocycles. The second-order valence-corrected chi connectivity index (χ2v) is 9.44. The highest BCUT2D eigenvalue weighted by molar-refractivity contribution is 7.88. The number of carbonyl (C=O) groups is 1. The number of benzene rings is 2. The van der Waals surface area contributed by atoms with Crippen LogP contribution in [0.5, 0.6) is 0 Å². The Kier molecular flexibility index (Phi) is 6.23. The first-order valence-electron chi connectivity index (χ1n) is 10.1. The smallest absolute Gasteiger partial charge is 0.232 e. The van der Waals surface area contributed by atoms with Crippen LogP contribution in [0.1, 0.15) is 17.9 Å². The standard InChI is InChI=1S/C22H22F4N2O3S/c1-32(31)27-9-19-18(26)10-28(19)21(30)22(11-29)8-15(22)13-6-5-12(23)7-14(13)20-16(24)3-2-4-17(20)25/h2-7,15,18-19,27,29H,8-11H2,1H3/t15?,18-,19-,22?,32?/m1/s1. The van der Waals surface area contributed by atoms with Gasteiger partial charge in [-0.2, -0.15) is 0 Å². The largest absolute Gasteiger partial charge is 0.598 e. The minimum absolute atomic E-state index is 0.00949. The van der Waals surface area contributed by atoms with Gasteiger partial charge >= 0.3 is 0 Å². The average Bonchev–Trinajstić information content (AvgIpc) is 3.47. The molecule has 1 saturated heterocycles. The molecule has 2 aromatic carbocycles. The van der Waals surface area contributed by atoms with Gasteiger partial charge in [0.25, 0.3) is 0 Å². The lowest BCUT2D eigenvalue weighted by Crippen LogP contribution is -2.65. The van der Waals surface area contributed by atoms with Gasteiger partial charge in [0, 0.05) is 17.3 Å². The quantitative estimate of drug-likeness (QED) is 0.482. The first kappa shape index (κ1) is 23.0. The third kappa shape index (κ3) is 3.89. The summed E-state index contributed by atoms with van der Waals surface area (Å²) in [6.07, 6.45) is 0.267. The predicted octanol–water partition coefficient (Wildman–Crippen LogP) is 2.67. The summed E-state index contributed by atoms with van der Waals surface area (Å²) in [5, 5.41) is 10.1. The molecule has 5 nitrogen and oxygen atoms in total. The van der Waals surface area contributed by atoms with E-state index in [0.29, 0.717) is 5.56 Å². The van der Waals surface area contributed by atoms with Gasteiger partial charge in [0.2, 0.25) is 5.91 Å². The van der Waals surface area contributed by atoms with Gasteiger partial charge in [-0.25, -0.2) is 17.6 Å². The number of aliphatic hydroxyl groups is 1. The summed E-state index contributed by atoms with van der Waals surface area (Å²) >= 11 is -1.38. The Labute approximate surface area is 185 Å². The van der Waals surface area contributed by atoms with Gasteiger partial charge in [-0.1, -0.05) is 12.1 Å². The fourth-order valence-corrected chi connectivity index (χ4v) is 4.86. The summed E-state index contributed by atoms with van der Waals surface area (Å²) in [5.41, 5.74) is -1.40. The molecule has 172 valence electrons. The molecule has 1 aliphatic heterocycles. The molecule has 1 aliphatic carbocycles. The Morgan fingerprint density at radius 3 is 2.56 bits per heavy atom. The van der Waals surface area contributed by atoms with Crippen LogP contribution in [0, 0.1) is 22.9 Å². The van der Waals surface area contributed by atoms with Gasteiger partial charge in [-0.15, -0.1) is 4.72 Å². The van der Waals surface area contributed by atoms with Crippen LogP contribution >= 0.6 is 0 Å². The van der Waals surface area contributed by atoms with Crippen molar-refractivity contribution in [2.75, 3.05) is 26.0 Å². The fourth-order valence-electron chi connectivity index (χ4n) is 4.46. The molecule has 2 fully saturated rings. The van der Waals surface area contributed by atoms with E-state index in [9.17, 15) is 32.0 Å². The van der Waals surface area contributed by atoms with Crippen molar-refractivity contribution in [1.82, 2.24) is 9.62 Å². The van der Waals surface area contributed by atoms with Crippen LogP contribution in [0.25, 0.3) is 11.1 Å². The number of aliphatic hydroxyl groups excluding tert-OH is 1. The molecule has 0 bridgehead atoms. The number of alkyl halides is 1. The first-order chi connectivity index (χ1) is 15.2. The molecule has 2 aromatic rings. The molecule has 4 rings (SSSR count). The molecule has 2 N–H and O–H groups in total. The Balaban J connectivity index is 1.65. The lowest BCUT2D eigenvalue weighted by atomic mass is 9.89. The highest BCUT2D eigenvalue weighted by Crippen LogP contribution is 2.62. The van der Waals surface area contributed by atoms with Gasteiger partial charge in [0.1, 0.15) is 29.9 Å². The van der Waals surface area contributed by atoms with Crippen molar-refractivity contribution >= 4 is 17.3 Å². The number of nitrogens with zero attached hydrogens (tertiary/aromatic N) is 1. The van der Waals surface area contributed by atoms with Crippen LogP contribution in [0.3, 0.4) is 0 Å². The molecule has 0 radical (unpaired) electrons. The zero-order valence-corrected chi connectivity index (χ0v) is 18.0. The molecule has 32 heavy (non-hydrogen) atoms. The monoisotopic (exact) mass is 470 g/mol. The number of hydrogen-bond acceptors (Lipinski definition) is 4. The molecule has 1 heterocycles. The van der Waals surface area contributed by atoms with Crippen LogP contribution in [0.2, 0.25) is 0 Å². The van der Waals surface area contributed by atoms with Gasteiger partial charge in [-0.3, -0.25) is 4.79 Å². The molecule has 5 atom stereocenters. The van der Waals surface area contributed by atoms with Gasteiger partial charge in [0.15, 0.2) is 0 Å². The molecule has 1 saturated carbocycles. The van der Waals surface area contributed by atoms with Crippen molar-refractivity contribution in [3.8, 4) is 11.1 Å². The van der Waals surface area contributed by atoms with E-state index in [-0.39, 0.29) is 25.1 Å². The van der Waals surface area contributed by atoms with Crippen molar-refractivity contribution < 1.29 is 32.0 Å². The van der Waals surface area contributed by atoms with Gasteiger partial charge in [-0.05, 0) is 41.8 Å². The van der Waals surface area contributed by atoms with Crippen molar-refractivity contribution in [3.05, 3.63) is 59.4 Å². The molecule has 3 unspecified atom stereocenters. The lowest BCUT2D eigenvalue weighted by molar-refractivity contribution is -0.152. The number of amides is 1. The highest BCUT2D eigenvalue weighted by atomic mass is 32.2. The maximum absolute atomic E-state index is 14.4. The second-order valence-electron chi connectivity index (χ2n) is 8.24. The van der Waals surface area contributed by atoms with E-state index in [1.165, 1.54) is 23.3 Å². The van der Waals surface area contributed by atoms with E-state index < -0.39 is 70.4 Å². The lowest BCUT2D eigenvalue weighted by Gasteiger charge is -2.45. The molecular weight excluding hydrogens is 448 g/mol. The van der Waals surface area contributed by atoms with E-state index in [4.69, 9.17) is 0 Å². The fraction of sp³-hybridized carbons (Fsp3) is 0.409. The van der Waals surface area contributed by atoms with Gasteiger partial charge in [0.05, 0.1) is 36.7 Å². The third-order valence-electron chi connectivity index (χ3n) is 6.35. The molecule has 10 heteroatoms. The predicted molar refractivity (Wildman–Crippen MR) is 111 cm³/mol. The highest BCUT2D eigenvalue weighted by Gasteiger charge is 2.64. The Bertz CT molecular complexity index is 1020. The van der Waals surface area contributed by atoms with Crippen LogP contribution in [-0.2, 0) is 16.2 Å². The number of hydrogen-bond donors (Lipinski definition) is 2. The van der Waals surface area contributed by atoms with E-state index >= 15 is 0 Å². The SMILES string of the molecule is C[S+]([O-])NC[C@@H]1[C@H](F)CN1C(=O)C1(CO)CC1c1ccc(F)cc1-c1c(F)cccc1F. The maximum atomic E-state index is 14.4. The number of nitrogens with one attached hydrogen (secondary N) is 1. The second kappa shape index (κ2) is 8.66. The molecule has 1 amide bonds. The number of carbonyl (C=O) groups excluding carboxylic acids is 1. The Morgan fingerprint density at radius 2 is 1.97 bits per heavy atom. The van der Waals surface area contributed by atoms with E-state index in [1.807, 2.05) is 0 Å². The van der Waals surface area contributed by atoms with Gasteiger partial charge < -0.3 is 14.6 Å². The van der Waals surface area contributed by atoms with E-state index in [2.05, 4.69) is 4.72 Å².